The van der Waals surface area contributed by atoms with Crippen molar-refractivity contribution in [2.24, 2.45) is 12.0 Å². The van der Waals surface area contributed by atoms with Gasteiger partial charge in [0.25, 0.3) is 0 Å². The summed E-state index contributed by atoms with van der Waals surface area (Å²) in [4.78, 5) is 11.9. The Hall–Kier alpha value is -2.66. The van der Waals surface area contributed by atoms with Crippen molar-refractivity contribution in [1.82, 2.24) is 14.5 Å². The summed E-state index contributed by atoms with van der Waals surface area (Å²) in [6.45, 7) is 1.43. The molecule has 3 rings (SSSR count). The van der Waals surface area contributed by atoms with Gasteiger partial charge in [-0.1, -0.05) is 18.5 Å². The van der Waals surface area contributed by atoms with Crippen LogP contribution in [-0.2, 0) is 23.1 Å². The van der Waals surface area contributed by atoms with Gasteiger partial charge >= 0.3 is 6.18 Å². The number of aryl methyl sites for hydroxylation is 1. The second kappa shape index (κ2) is 7.30. The SMILES string of the molecule is CCS(=O)(=O)C(=Nc1nc2cc(C(F)(F)F)cnc2n1C)c1cc(Cl)ccc1N. The molecule has 0 radical (unpaired) electrons. The first-order valence-electron chi connectivity index (χ1n) is 8.20. The lowest BCUT2D eigenvalue weighted by Crippen LogP contribution is -2.20. The van der Waals surface area contributed by atoms with E-state index in [0.29, 0.717) is 6.20 Å². The third kappa shape index (κ3) is 4.06. The molecular weight excluding hydrogens is 431 g/mol. The molecule has 3 aromatic rings. The van der Waals surface area contributed by atoms with Crippen LogP contribution in [-0.4, -0.2) is 33.7 Å². The summed E-state index contributed by atoms with van der Waals surface area (Å²) in [6.07, 6.45) is -3.91. The molecule has 0 aliphatic carbocycles. The molecule has 12 heteroatoms. The molecule has 0 unspecified atom stereocenters. The molecule has 1 aromatic carbocycles. The van der Waals surface area contributed by atoms with E-state index in [0.717, 1.165) is 6.07 Å². The van der Waals surface area contributed by atoms with Crippen molar-refractivity contribution in [2.45, 2.75) is 13.1 Å². The number of nitrogens with zero attached hydrogens (tertiary/aromatic N) is 4. The van der Waals surface area contributed by atoms with Crippen molar-refractivity contribution in [2.75, 3.05) is 11.5 Å². The quantitative estimate of drug-likeness (QED) is 0.376. The number of fused-ring (bicyclic) bond motifs is 1. The summed E-state index contributed by atoms with van der Waals surface area (Å²) in [5.74, 6) is -0.420. The van der Waals surface area contributed by atoms with E-state index in [-0.39, 0.29) is 44.2 Å². The topological polar surface area (TPSA) is 103 Å². The van der Waals surface area contributed by atoms with Gasteiger partial charge in [-0.05, 0) is 24.3 Å². The zero-order valence-electron chi connectivity index (χ0n) is 15.2. The number of hydrogen-bond donors (Lipinski definition) is 1. The summed E-state index contributed by atoms with van der Waals surface area (Å²) in [7, 11) is -2.41. The molecular formula is C17H15ClF3N5O2S. The number of pyridine rings is 1. The van der Waals surface area contributed by atoms with Crippen LogP contribution < -0.4 is 5.73 Å². The molecule has 0 aliphatic rings. The number of rotatable bonds is 3. The molecule has 0 aliphatic heterocycles. The van der Waals surface area contributed by atoms with Gasteiger partial charge in [-0.25, -0.2) is 23.4 Å². The molecule has 2 aromatic heterocycles. The van der Waals surface area contributed by atoms with E-state index in [4.69, 9.17) is 17.3 Å². The number of imidazole rings is 1. The molecule has 0 fully saturated rings. The molecule has 0 saturated heterocycles. The number of aromatic nitrogens is 3. The first-order chi connectivity index (χ1) is 13.4. The van der Waals surface area contributed by atoms with Gasteiger partial charge < -0.3 is 5.73 Å². The molecule has 29 heavy (non-hydrogen) atoms. The molecule has 2 N–H and O–H groups in total. The predicted octanol–water partition coefficient (Wildman–Crippen LogP) is 3.74. The summed E-state index contributed by atoms with van der Waals surface area (Å²) in [5, 5.41) is -0.135. The largest absolute Gasteiger partial charge is 0.417 e. The van der Waals surface area contributed by atoms with Crippen molar-refractivity contribution >= 4 is 49.3 Å². The fraction of sp³-hybridized carbons (Fsp3) is 0.235. The van der Waals surface area contributed by atoms with Gasteiger partial charge in [0.05, 0.1) is 11.3 Å². The lowest BCUT2D eigenvalue weighted by atomic mass is 10.2. The minimum atomic E-state index is -4.59. The minimum Gasteiger partial charge on any atom is -0.398 e. The van der Waals surface area contributed by atoms with Gasteiger partial charge in [0, 0.05) is 29.5 Å². The third-order valence-electron chi connectivity index (χ3n) is 4.13. The van der Waals surface area contributed by atoms with Gasteiger partial charge in [-0.15, -0.1) is 0 Å². The van der Waals surface area contributed by atoms with Crippen LogP contribution in [0.1, 0.15) is 18.1 Å². The maximum atomic E-state index is 12.9. The van der Waals surface area contributed by atoms with Crippen molar-refractivity contribution in [3.8, 4) is 0 Å². The van der Waals surface area contributed by atoms with Crippen LogP contribution in [0.4, 0.5) is 24.8 Å². The Labute approximate surface area is 169 Å². The highest BCUT2D eigenvalue weighted by molar-refractivity contribution is 8.06. The predicted molar refractivity (Wildman–Crippen MR) is 105 cm³/mol. The highest BCUT2D eigenvalue weighted by Gasteiger charge is 2.32. The summed E-state index contributed by atoms with van der Waals surface area (Å²) in [5.41, 5.74) is 5.18. The number of alkyl halides is 3. The van der Waals surface area contributed by atoms with Crippen LogP contribution in [0.25, 0.3) is 11.2 Å². The summed E-state index contributed by atoms with van der Waals surface area (Å²) < 4.78 is 65.4. The van der Waals surface area contributed by atoms with E-state index in [1.165, 1.54) is 36.7 Å². The van der Waals surface area contributed by atoms with Crippen LogP contribution in [0, 0.1) is 0 Å². The van der Waals surface area contributed by atoms with Crippen molar-refractivity contribution in [3.05, 3.63) is 46.6 Å². The average Bonchev–Trinajstić information content (AvgIpc) is 2.96. The fourth-order valence-corrected chi connectivity index (χ4v) is 3.74. The lowest BCUT2D eigenvalue weighted by molar-refractivity contribution is -0.137. The average molecular weight is 446 g/mol. The fourth-order valence-electron chi connectivity index (χ4n) is 2.56. The zero-order chi connectivity index (χ0) is 21.6. The van der Waals surface area contributed by atoms with E-state index in [1.54, 1.807) is 0 Å². The molecule has 2 heterocycles. The number of aliphatic imine (C=N–C) groups is 1. The highest BCUT2D eigenvalue weighted by Crippen LogP contribution is 2.31. The number of nitrogen functional groups attached to an aromatic ring is 1. The molecule has 154 valence electrons. The van der Waals surface area contributed by atoms with Crippen LogP contribution in [0.5, 0.6) is 0 Å². The first kappa shape index (κ1) is 21.1. The Kier molecular flexibility index (Phi) is 5.30. The van der Waals surface area contributed by atoms with Gasteiger partial charge in [0.2, 0.25) is 5.95 Å². The molecule has 0 spiro atoms. The normalized spacial score (nSPS) is 13.2. The zero-order valence-corrected chi connectivity index (χ0v) is 16.8. The van der Waals surface area contributed by atoms with E-state index in [9.17, 15) is 21.6 Å². The smallest absolute Gasteiger partial charge is 0.398 e. The maximum absolute atomic E-state index is 12.9. The van der Waals surface area contributed by atoms with Gasteiger partial charge in [0.15, 0.2) is 20.5 Å². The van der Waals surface area contributed by atoms with Crippen LogP contribution in [0.15, 0.2) is 35.5 Å². The Morgan fingerprint density at radius 3 is 2.62 bits per heavy atom. The summed E-state index contributed by atoms with van der Waals surface area (Å²) >= 11 is 5.97. The number of benzene rings is 1. The number of sulfone groups is 1. The Bertz CT molecular complexity index is 1240. The molecule has 0 bridgehead atoms. The lowest BCUT2D eigenvalue weighted by Gasteiger charge is -2.10. The first-order valence-corrected chi connectivity index (χ1v) is 10.2. The Morgan fingerprint density at radius 2 is 2.00 bits per heavy atom. The van der Waals surface area contributed by atoms with Crippen LogP contribution in [0.2, 0.25) is 5.02 Å². The number of anilines is 1. The highest BCUT2D eigenvalue weighted by atomic mass is 35.5. The van der Waals surface area contributed by atoms with Crippen LogP contribution >= 0.6 is 11.6 Å². The van der Waals surface area contributed by atoms with Gasteiger partial charge in [-0.3, -0.25) is 4.57 Å². The standard InChI is InChI=1S/C17H15ClF3N5O2S/c1-3-29(27,28)15(11-7-10(18)4-5-12(11)22)25-16-24-13-6-9(17(19,20)21)8-23-14(13)26(16)2/h4-8H,3,22H2,1-2H3. The summed E-state index contributed by atoms with van der Waals surface area (Å²) in [6, 6.07) is 5.10. The molecule has 0 atom stereocenters. The van der Waals surface area contributed by atoms with Crippen molar-refractivity contribution < 1.29 is 21.6 Å². The second-order valence-electron chi connectivity index (χ2n) is 6.09. The Morgan fingerprint density at radius 1 is 1.31 bits per heavy atom. The number of hydrogen-bond acceptors (Lipinski definition) is 6. The number of nitrogens with two attached hydrogens (primary N) is 1. The van der Waals surface area contributed by atoms with E-state index in [1.807, 2.05) is 0 Å². The van der Waals surface area contributed by atoms with E-state index in [2.05, 4.69) is 15.0 Å². The maximum Gasteiger partial charge on any atom is 0.417 e. The van der Waals surface area contributed by atoms with Crippen molar-refractivity contribution in [3.63, 3.8) is 0 Å². The van der Waals surface area contributed by atoms with Crippen LogP contribution in [0.3, 0.4) is 0 Å². The third-order valence-corrected chi connectivity index (χ3v) is 6.03. The van der Waals surface area contributed by atoms with Gasteiger partial charge in [0.1, 0.15) is 5.52 Å². The van der Waals surface area contributed by atoms with Gasteiger partial charge in [-0.2, -0.15) is 13.2 Å². The monoisotopic (exact) mass is 445 g/mol. The molecule has 7 nitrogen and oxygen atoms in total. The Balaban J connectivity index is 2.26. The van der Waals surface area contributed by atoms with Crippen molar-refractivity contribution in [1.29, 1.82) is 0 Å². The second-order valence-corrected chi connectivity index (χ2v) is 8.72. The molecule has 0 amide bonds. The van der Waals surface area contributed by atoms with E-state index < -0.39 is 21.6 Å². The van der Waals surface area contributed by atoms with E-state index >= 15 is 0 Å². The number of halogens is 4. The molecule has 0 saturated carbocycles. The minimum absolute atomic E-state index is 0.0756.